The normalized spacial score (nSPS) is 17.2. The van der Waals surface area contributed by atoms with Crippen LogP contribution in [0, 0.1) is 11.8 Å². The fourth-order valence-electron chi connectivity index (χ4n) is 2.36. The first-order valence-corrected chi connectivity index (χ1v) is 6.58. The highest BCUT2D eigenvalue weighted by Crippen LogP contribution is 2.28. The van der Waals surface area contributed by atoms with Crippen molar-refractivity contribution in [2.45, 2.75) is 25.4 Å². The van der Waals surface area contributed by atoms with Gasteiger partial charge in [-0.05, 0) is 43.4 Å². The number of aliphatic hydroxyl groups excluding tert-OH is 1. The van der Waals surface area contributed by atoms with E-state index in [2.05, 4.69) is 16.8 Å². The molecule has 1 aliphatic rings. The third-order valence-electron chi connectivity index (χ3n) is 3.37. The maximum atomic E-state index is 9.88. The van der Waals surface area contributed by atoms with Gasteiger partial charge in [-0.25, -0.2) is 4.98 Å². The number of fused-ring (bicyclic) bond motifs is 1. The molecule has 0 bridgehead atoms. The third-order valence-corrected chi connectivity index (χ3v) is 3.37. The molecule has 0 aliphatic heterocycles. The van der Waals surface area contributed by atoms with Crippen LogP contribution >= 0.6 is 0 Å². The van der Waals surface area contributed by atoms with E-state index in [-0.39, 0.29) is 6.10 Å². The summed E-state index contributed by atoms with van der Waals surface area (Å²) in [5, 5.41) is 9.88. The smallest absolute Gasteiger partial charge is 0.113 e. The van der Waals surface area contributed by atoms with Crippen molar-refractivity contribution in [3.05, 3.63) is 65.0 Å². The van der Waals surface area contributed by atoms with Crippen LogP contribution in [0.5, 0.6) is 0 Å². The van der Waals surface area contributed by atoms with E-state index in [4.69, 9.17) is 0 Å². The molecule has 2 heteroatoms. The summed E-state index contributed by atoms with van der Waals surface area (Å²) in [4.78, 5) is 4.55. The molecule has 0 unspecified atom stereocenters. The van der Waals surface area contributed by atoms with E-state index >= 15 is 0 Å². The van der Waals surface area contributed by atoms with Crippen molar-refractivity contribution in [2.24, 2.45) is 0 Å². The number of hydrogen-bond donors (Lipinski definition) is 1. The van der Waals surface area contributed by atoms with Gasteiger partial charge >= 0.3 is 0 Å². The van der Waals surface area contributed by atoms with E-state index < -0.39 is 0 Å². The molecule has 0 amide bonds. The van der Waals surface area contributed by atoms with E-state index in [9.17, 15) is 5.11 Å². The Labute approximate surface area is 113 Å². The third kappa shape index (κ3) is 2.67. The Kier molecular flexibility index (Phi) is 3.31. The van der Waals surface area contributed by atoms with Crippen molar-refractivity contribution in [1.82, 2.24) is 4.98 Å². The molecule has 19 heavy (non-hydrogen) atoms. The van der Waals surface area contributed by atoms with Crippen LogP contribution in [0.3, 0.4) is 0 Å². The Balaban J connectivity index is 1.89. The van der Waals surface area contributed by atoms with E-state index in [1.165, 1.54) is 0 Å². The molecular formula is C17H15NO. The van der Waals surface area contributed by atoms with Gasteiger partial charge in [0.1, 0.15) is 5.69 Å². The van der Waals surface area contributed by atoms with Gasteiger partial charge < -0.3 is 5.11 Å². The van der Waals surface area contributed by atoms with Gasteiger partial charge in [-0.2, -0.15) is 0 Å². The molecule has 1 atom stereocenters. The van der Waals surface area contributed by atoms with Gasteiger partial charge in [-0.3, -0.25) is 0 Å². The van der Waals surface area contributed by atoms with Crippen molar-refractivity contribution in [2.75, 3.05) is 0 Å². The Hall–Kier alpha value is -2.11. The quantitative estimate of drug-likeness (QED) is 0.728. The number of rotatable bonds is 0. The average Bonchev–Trinajstić information content (AvgIpc) is 2.46. The Bertz CT molecular complexity index is 637. The molecule has 0 fully saturated rings. The zero-order valence-electron chi connectivity index (χ0n) is 10.6. The minimum atomic E-state index is -0.354. The van der Waals surface area contributed by atoms with Crippen LogP contribution in [0.1, 0.15) is 41.5 Å². The summed E-state index contributed by atoms with van der Waals surface area (Å²) in [7, 11) is 0. The first kappa shape index (κ1) is 12.0. The molecule has 1 aromatic heterocycles. The molecule has 2 nitrogen and oxygen atoms in total. The predicted octanol–water partition coefficient (Wildman–Crippen LogP) is 2.85. The molecule has 0 saturated carbocycles. The number of aromatic nitrogens is 1. The van der Waals surface area contributed by atoms with Gasteiger partial charge in [0.15, 0.2) is 0 Å². The molecule has 2 aromatic rings. The number of hydrogen-bond acceptors (Lipinski definition) is 2. The summed E-state index contributed by atoms with van der Waals surface area (Å²) in [6, 6.07) is 13.7. The predicted molar refractivity (Wildman–Crippen MR) is 74.6 cm³/mol. The second kappa shape index (κ2) is 5.26. The van der Waals surface area contributed by atoms with Gasteiger partial charge in [-0.15, -0.1) is 0 Å². The molecule has 1 aromatic carbocycles. The van der Waals surface area contributed by atoms with E-state index in [0.717, 1.165) is 41.8 Å². The number of benzene rings is 1. The van der Waals surface area contributed by atoms with Crippen LogP contribution in [0.4, 0.5) is 0 Å². The van der Waals surface area contributed by atoms with Gasteiger partial charge in [-0.1, -0.05) is 30.2 Å². The van der Waals surface area contributed by atoms with Crippen LogP contribution in [0.2, 0.25) is 0 Å². The maximum absolute atomic E-state index is 9.88. The van der Waals surface area contributed by atoms with Crippen LogP contribution in [-0.4, -0.2) is 10.1 Å². The summed E-state index contributed by atoms with van der Waals surface area (Å²) in [6.07, 6.45) is 2.42. The summed E-state index contributed by atoms with van der Waals surface area (Å²) < 4.78 is 0. The number of aliphatic hydroxyl groups is 1. The summed E-state index contributed by atoms with van der Waals surface area (Å²) in [6.45, 7) is 0. The van der Waals surface area contributed by atoms with Crippen molar-refractivity contribution >= 4 is 0 Å². The van der Waals surface area contributed by atoms with Crippen molar-refractivity contribution in [3.63, 3.8) is 0 Å². The Morgan fingerprint density at radius 1 is 1.05 bits per heavy atom. The minimum Gasteiger partial charge on any atom is -0.388 e. The molecule has 1 N–H and O–H groups in total. The maximum Gasteiger partial charge on any atom is 0.113 e. The lowest BCUT2D eigenvalue weighted by atomic mass is 9.93. The fraction of sp³-hybridized carbons (Fsp3) is 0.235. The molecule has 94 valence electrons. The highest BCUT2D eigenvalue weighted by Gasteiger charge is 2.18. The van der Waals surface area contributed by atoms with Gasteiger partial charge in [0, 0.05) is 16.8 Å². The minimum absolute atomic E-state index is 0.354. The van der Waals surface area contributed by atoms with Gasteiger partial charge in [0.05, 0.1) is 6.10 Å². The lowest BCUT2D eigenvalue weighted by molar-refractivity contribution is 0.155. The van der Waals surface area contributed by atoms with Crippen molar-refractivity contribution < 1.29 is 5.11 Å². The Morgan fingerprint density at radius 2 is 1.89 bits per heavy atom. The second-order valence-corrected chi connectivity index (χ2v) is 4.76. The number of pyridine rings is 1. The van der Waals surface area contributed by atoms with Gasteiger partial charge in [0.2, 0.25) is 0 Å². The summed E-state index contributed by atoms with van der Waals surface area (Å²) in [5.41, 5.74) is 3.73. The average molecular weight is 249 g/mol. The SMILES string of the molecule is O[C@@H]1CCCc2nc(C#Cc3ccccc3)ccc21. The summed E-state index contributed by atoms with van der Waals surface area (Å²) >= 11 is 0. The molecule has 3 rings (SSSR count). The highest BCUT2D eigenvalue weighted by molar-refractivity contribution is 5.41. The molecule has 0 spiro atoms. The molecule has 0 radical (unpaired) electrons. The van der Waals surface area contributed by atoms with Gasteiger partial charge in [0.25, 0.3) is 0 Å². The number of nitrogens with zero attached hydrogens (tertiary/aromatic N) is 1. The molecule has 1 heterocycles. The second-order valence-electron chi connectivity index (χ2n) is 4.76. The van der Waals surface area contributed by atoms with Crippen molar-refractivity contribution in [1.29, 1.82) is 0 Å². The highest BCUT2D eigenvalue weighted by atomic mass is 16.3. The standard InChI is InChI=1S/C17H15NO/c19-17-8-4-7-16-15(17)12-11-14(18-16)10-9-13-5-2-1-3-6-13/h1-3,5-6,11-12,17,19H,4,7-8H2/t17-/m1/s1. The summed E-state index contributed by atoms with van der Waals surface area (Å²) in [5.74, 6) is 6.19. The van der Waals surface area contributed by atoms with Crippen LogP contribution in [-0.2, 0) is 6.42 Å². The van der Waals surface area contributed by atoms with E-state index in [1.807, 2.05) is 42.5 Å². The Morgan fingerprint density at radius 3 is 2.74 bits per heavy atom. The zero-order valence-corrected chi connectivity index (χ0v) is 10.6. The van der Waals surface area contributed by atoms with E-state index in [0.29, 0.717) is 0 Å². The van der Waals surface area contributed by atoms with E-state index in [1.54, 1.807) is 0 Å². The van der Waals surface area contributed by atoms with Crippen LogP contribution in [0.15, 0.2) is 42.5 Å². The lowest BCUT2D eigenvalue weighted by Crippen LogP contribution is -2.11. The fourth-order valence-corrected chi connectivity index (χ4v) is 2.36. The van der Waals surface area contributed by atoms with Crippen molar-refractivity contribution in [3.8, 4) is 11.8 Å². The molecule has 1 aliphatic carbocycles. The monoisotopic (exact) mass is 249 g/mol. The lowest BCUT2D eigenvalue weighted by Gasteiger charge is -2.19. The molecular weight excluding hydrogens is 234 g/mol. The number of aryl methyl sites for hydroxylation is 1. The molecule has 0 saturated heterocycles. The largest absolute Gasteiger partial charge is 0.388 e. The topological polar surface area (TPSA) is 33.1 Å². The zero-order chi connectivity index (χ0) is 13.1. The first-order chi connectivity index (χ1) is 9.33. The first-order valence-electron chi connectivity index (χ1n) is 6.58. The van der Waals surface area contributed by atoms with Crippen LogP contribution in [0.25, 0.3) is 0 Å². The van der Waals surface area contributed by atoms with Crippen LogP contribution < -0.4 is 0 Å².